The van der Waals surface area contributed by atoms with Crippen molar-refractivity contribution in [3.63, 3.8) is 0 Å². The zero-order chi connectivity index (χ0) is 31.4. The molecular formula is C30H31FN2O9S. The molecule has 0 radical (unpaired) electrons. The van der Waals surface area contributed by atoms with E-state index in [0.29, 0.717) is 5.56 Å². The maximum absolute atomic E-state index is 13.8. The summed E-state index contributed by atoms with van der Waals surface area (Å²) in [6.07, 6.45) is -1.41. The lowest BCUT2D eigenvalue weighted by Gasteiger charge is -2.48. The van der Waals surface area contributed by atoms with Crippen LogP contribution in [0.25, 0.3) is 0 Å². The number of benzene rings is 3. The number of aliphatic carboxylic acids is 1. The molecular weight excluding hydrogens is 583 g/mol. The van der Waals surface area contributed by atoms with Crippen molar-refractivity contribution in [3.05, 3.63) is 95.8 Å². The number of nitrogens with zero attached hydrogens (tertiary/aromatic N) is 1. The summed E-state index contributed by atoms with van der Waals surface area (Å²) in [4.78, 5) is 35.3. The minimum absolute atomic E-state index is 0.0522. The second-order valence-corrected chi connectivity index (χ2v) is 12.4. The molecule has 3 aromatic rings. The van der Waals surface area contributed by atoms with Gasteiger partial charge in [-0.2, -0.15) is 4.31 Å². The van der Waals surface area contributed by atoms with E-state index in [9.17, 15) is 32.3 Å². The largest absolute Gasteiger partial charge is 0.480 e. The molecule has 0 bridgehead atoms. The molecule has 0 unspecified atom stereocenters. The minimum Gasteiger partial charge on any atom is -0.480 e. The lowest BCUT2D eigenvalue weighted by atomic mass is 9.87. The predicted molar refractivity (Wildman–Crippen MR) is 151 cm³/mol. The van der Waals surface area contributed by atoms with Gasteiger partial charge in [0.25, 0.3) is 5.79 Å². The topological polar surface area (TPSA) is 149 Å². The van der Waals surface area contributed by atoms with Crippen LogP contribution in [-0.4, -0.2) is 60.8 Å². The molecule has 1 saturated heterocycles. The zero-order valence-corrected chi connectivity index (χ0v) is 24.5. The highest BCUT2D eigenvalue weighted by Crippen LogP contribution is 2.40. The highest BCUT2D eigenvalue weighted by Gasteiger charge is 2.52. The Morgan fingerprint density at radius 3 is 2.30 bits per heavy atom. The Balaban J connectivity index is 1.50. The second-order valence-electron chi connectivity index (χ2n) is 10.5. The summed E-state index contributed by atoms with van der Waals surface area (Å²) >= 11 is 0. The second kappa shape index (κ2) is 12.4. The first-order valence-corrected chi connectivity index (χ1v) is 14.6. The Morgan fingerprint density at radius 1 is 1.00 bits per heavy atom. The number of carbonyl (C=O) groups is 3. The molecule has 11 nitrogen and oxygen atoms in total. The molecule has 1 aliphatic heterocycles. The van der Waals surface area contributed by atoms with Crippen molar-refractivity contribution in [1.29, 1.82) is 0 Å². The third-order valence-corrected chi connectivity index (χ3v) is 8.35. The number of carboxylic acid groups (broad SMARTS) is 1. The molecule has 2 N–H and O–H groups in total. The fourth-order valence-corrected chi connectivity index (χ4v) is 6.28. The van der Waals surface area contributed by atoms with Gasteiger partial charge in [-0.15, -0.1) is 0 Å². The summed E-state index contributed by atoms with van der Waals surface area (Å²) in [5.41, 5.74) is -0.0179. The molecule has 228 valence electrons. The van der Waals surface area contributed by atoms with Crippen molar-refractivity contribution in [2.45, 2.75) is 49.5 Å². The van der Waals surface area contributed by atoms with Crippen molar-refractivity contribution in [2.24, 2.45) is 0 Å². The average molecular weight is 615 g/mol. The van der Waals surface area contributed by atoms with Gasteiger partial charge in [-0.25, -0.2) is 22.4 Å². The molecule has 1 atom stereocenters. The van der Waals surface area contributed by atoms with Crippen LogP contribution in [0.2, 0.25) is 0 Å². The normalized spacial score (nSPS) is 15.4. The SMILES string of the molecule is CC(=O)OC(C)(C)OC(=O)N[C@@H](Cc1cccc(S(=O)(=O)N2CC(Oc3cccc(F)c3)(c3ccccc3)C2)c1)C(=O)O. The van der Waals surface area contributed by atoms with Crippen molar-refractivity contribution in [1.82, 2.24) is 9.62 Å². The number of hydrogen-bond donors (Lipinski definition) is 2. The van der Waals surface area contributed by atoms with Gasteiger partial charge in [0.05, 0.1) is 18.0 Å². The molecule has 13 heteroatoms. The standard InChI is InChI=1S/C30H31FN2O9S/c1-20(34)40-29(2,3)42-28(37)32-26(27(35)36)16-21-9-7-14-25(15-21)43(38,39)33-18-30(19-33,22-10-5-4-6-11-22)41-24-13-8-12-23(31)17-24/h4-15,17,26H,16,18-19H2,1-3H3,(H,32,37)(H,35,36)/t26-/m0/s1. The molecule has 1 aliphatic rings. The molecule has 43 heavy (non-hydrogen) atoms. The molecule has 0 aliphatic carbocycles. The van der Waals surface area contributed by atoms with Gasteiger partial charge in [0.1, 0.15) is 17.6 Å². The summed E-state index contributed by atoms with van der Waals surface area (Å²) in [5, 5.41) is 11.9. The number of hydrogen-bond acceptors (Lipinski definition) is 8. The Labute approximate surface area is 248 Å². The maximum atomic E-state index is 13.8. The third-order valence-electron chi connectivity index (χ3n) is 6.57. The molecule has 3 aromatic carbocycles. The van der Waals surface area contributed by atoms with Crippen LogP contribution in [0, 0.1) is 5.82 Å². The van der Waals surface area contributed by atoms with Crippen LogP contribution in [0.1, 0.15) is 31.9 Å². The summed E-state index contributed by atoms with van der Waals surface area (Å²) in [5.74, 6) is -3.96. The molecule has 0 aromatic heterocycles. The van der Waals surface area contributed by atoms with E-state index in [0.717, 1.165) is 12.5 Å². The third kappa shape index (κ3) is 7.67. The predicted octanol–water partition coefficient (Wildman–Crippen LogP) is 3.83. The van der Waals surface area contributed by atoms with Crippen LogP contribution in [-0.2, 0) is 41.1 Å². The average Bonchev–Trinajstić information content (AvgIpc) is 2.89. The Bertz CT molecular complexity index is 1610. The number of esters is 1. The van der Waals surface area contributed by atoms with Crippen LogP contribution in [0.5, 0.6) is 5.75 Å². The van der Waals surface area contributed by atoms with Gasteiger partial charge in [-0.05, 0) is 35.4 Å². The number of carbonyl (C=O) groups excluding carboxylic acids is 2. The fraction of sp³-hybridized carbons (Fsp3) is 0.300. The first-order chi connectivity index (χ1) is 20.2. The molecule has 0 saturated carbocycles. The Kier molecular flexibility index (Phi) is 9.07. The maximum Gasteiger partial charge on any atom is 0.411 e. The number of carboxylic acids is 1. The fourth-order valence-electron chi connectivity index (χ4n) is 4.68. The smallest absolute Gasteiger partial charge is 0.411 e. The zero-order valence-electron chi connectivity index (χ0n) is 23.7. The van der Waals surface area contributed by atoms with E-state index in [1.807, 2.05) is 6.07 Å². The number of alkyl carbamates (subject to hydrolysis) is 1. The highest BCUT2D eigenvalue weighted by molar-refractivity contribution is 7.89. The van der Waals surface area contributed by atoms with Crippen LogP contribution >= 0.6 is 0 Å². The van der Waals surface area contributed by atoms with E-state index in [4.69, 9.17) is 14.2 Å². The summed E-state index contributed by atoms with van der Waals surface area (Å²) in [6.45, 7) is 3.64. The van der Waals surface area contributed by atoms with Crippen LogP contribution in [0.15, 0.2) is 83.8 Å². The van der Waals surface area contributed by atoms with Gasteiger partial charge in [-0.1, -0.05) is 48.5 Å². The first-order valence-electron chi connectivity index (χ1n) is 13.2. The summed E-state index contributed by atoms with van der Waals surface area (Å²) < 4.78 is 58.3. The molecule has 0 spiro atoms. The number of halogens is 1. The van der Waals surface area contributed by atoms with Gasteiger partial charge in [0.15, 0.2) is 5.60 Å². The number of sulfonamides is 1. The van der Waals surface area contributed by atoms with Gasteiger partial charge in [0, 0.05) is 33.3 Å². The van der Waals surface area contributed by atoms with E-state index >= 15 is 0 Å². The van der Waals surface area contributed by atoms with E-state index in [1.54, 1.807) is 30.3 Å². The van der Waals surface area contributed by atoms with Crippen LogP contribution in [0.3, 0.4) is 0 Å². The summed E-state index contributed by atoms with van der Waals surface area (Å²) in [7, 11) is -4.05. The number of rotatable bonds is 11. The van der Waals surface area contributed by atoms with Crippen molar-refractivity contribution in [3.8, 4) is 5.75 Å². The van der Waals surface area contributed by atoms with Crippen molar-refractivity contribution >= 4 is 28.1 Å². The summed E-state index contributed by atoms with van der Waals surface area (Å²) in [6, 6.07) is 18.9. The van der Waals surface area contributed by atoms with Gasteiger partial charge in [0.2, 0.25) is 10.0 Å². The van der Waals surface area contributed by atoms with Crippen molar-refractivity contribution < 1.29 is 46.5 Å². The monoisotopic (exact) mass is 614 g/mol. The van der Waals surface area contributed by atoms with Crippen molar-refractivity contribution in [2.75, 3.05) is 13.1 Å². The van der Waals surface area contributed by atoms with E-state index < -0.39 is 51.3 Å². The van der Waals surface area contributed by atoms with Crippen LogP contribution < -0.4 is 10.1 Å². The number of nitrogens with one attached hydrogen (secondary N) is 1. The molecule has 4 rings (SSSR count). The lowest BCUT2D eigenvalue weighted by Crippen LogP contribution is -2.64. The van der Waals surface area contributed by atoms with E-state index in [2.05, 4.69) is 5.32 Å². The van der Waals surface area contributed by atoms with Gasteiger partial charge >= 0.3 is 18.0 Å². The molecule has 1 fully saturated rings. The molecule has 1 heterocycles. The van der Waals surface area contributed by atoms with Gasteiger partial charge in [-0.3, -0.25) is 4.79 Å². The Hall–Kier alpha value is -4.49. The van der Waals surface area contributed by atoms with E-state index in [1.165, 1.54) is 60.6 Å². The first kappa shape index (κ1) is 31.4. The molecule has 1 amide bonds. The van der Waals surface area contributed by atoms with Crippen LogP contribution in [0.4, 0.5) is 9.18 Å². The minimum atomic E-state index is -4.05. The lowest BCUT2D eigenvalue weighted by molar-refractivity contribution is -0.192. The quantitative estimate of drug-likeness (QED) is 0.243. The van der Waals surface area contributed by atoms with E-state index in [-0.39, 0.29) is 30.2 Å². The van der Waals surface area contributed by atoms with Gasteiger partial charge < -0.3 is 24.6 Å². The highest BCUT2D eigenvalue weighted by atomic mass is 32.2. The number of amides is 1. The Morgan fingerprint density at radius 2 is 1.67 bits per heavy atom. The number of ether oxygens (including phenoxy) is 3.